The van der Waals surface area contributed by atoms with E-state index in [1.807, 2.05) is 26.0 Å². The average Bonchev–Trinajstić information content (AvgIpc) is 3.08. The fourth-order valence-corrected chi connectivity index (χ4v) is 3.48. The van der Waals surface area contributed by atoms with Gasteiger partial charge in [-0.15, -0.1) is 5.10 Å². The van der Waals surface area contributed by atoms with Crippen LogP contribution in [0.5, 0.6) is 11.5 Å². The van der Waals surface area contributed by atoms with Gasteiger partial charge in [0.15, 0.2) is 11.5 Å². The maximum atomic E-state index is 12.4. The van der Waals surface area contributed by atoms with Crippen LogP contribution in [0.3, 0.4) is 0 Å². The van der Waals surface area contributed by atoms with E-state index in [0.29, 0.717) is 10.9 Å². The Hall–Kier alpha value is -2.68. The van der Waals surface area contributed by atoms with Gasteiger partial charge in [-0.25, -0.2) is 0 Å². The molecule has 3 rings (SSSR count). The van der Waals surface area contributed by atoms with Gasteiger partial charge in [-0.05, 0) is 65.2 Å². The van der Waals surface area contributed by atoms with E-state index in [0.717, 1.165) is 22.4 Å². The first-order chi connectivity index (χ1) is 13.0. The standard InChI is InChI=1S/C18H18F2N4O2S/c1-11-6-12(2)8-14(7-11)24-18(21-22-23-24)27-10-13-4-5-15(26-17(19)20)16(9-13)25-3/h4-9,17H,10H2,1-3H3. The van der Waals surface area contributed by atoms with E-state index in [2.05, 4.69) is 26.3 Å². The van der Waals surface area contributed by atoms with Crippen LogP contribution in [0, 0.1) is 13.8 Å². The lowest BCUT2D eigenvalue weighted by atomic mass is 10.1. The zero-order valence-electron chi connectivity index (χ0n) is 15.0. The highest BCUT2D eigenvalue weighted by atomic mass is 32.2. The van der Waals surface area contributed by atoms with Gasteiger partial charge < -0.3 is 9.47 Å². The Labute approximate surface area is 159 Å². The highest BCUT2D eigenvalue weighted by molar-refractivity contribution is 7.98. The van der Waals surface area contributed by atoms with Crippen LogP contribution in [-0.2, 0) is 5.75 Å². The van der Waals surface area contributed by atoms with Crippen molar-refractivity contribution in [1.82, 2.24) is 20.2 Å². The van der Waals surface area contributed by atoms with Crippen molar-refractivity contribution in [1.29, 1.82) is 0 Å². The van der Waals surface area contributed by atoms with Crippen molar-refractivity contribution in [2.75, 3.05) is 7.11 Å². The average molecular weight is 392 g/mol. The van der Waals surface area contributed by atoms with E-state index < -0.39 is 6.61 Å². The highest BCUT2D eigenvalue weighted by Gasteiger charge is 2.13. The molecule has 0 bridgehead atoms. The maximum Gasteiger partial charge on any atom is 0.387 e. The van der Waals surface area contributed by atoms with E-state index in [1.54, 1.807) is 16.8 Å². The second-order valence-electron chi connectivity index (χ2n) is 5.87. The minimum Gasteiger partial charge on any atom is -0.493 e. The lowest BCUT2D eigenvalue weighted by Gasteiger charge is -2.11. The predicted molar refractivity (Wildman–Crippen MR) is 97.8 cm³/mol. The lowest BCUT2D eigenvalue weighted by molar-refractivity contribution is -0.0512. The zero-order valence-corrected chi connectivity index (χ0v) is 15.8. The van der Waals surface area contributed by atoms with Crippen molar-refractivity contribution in [3.63, 3.8) is 0 Å². The van der Waals surface area contributed by atoms with Crippen LogP contribution >= 0.6 is 11.8 Å². The minimum atomic E-state index is -2.90. The molecule has 0 atom stereocenters. The number of methoxy groups -OCH3 is 1. The molecule has 0 fully saturated rings. The van der Waals surface area contributed by atoms with Gasteiger partial charge in [-0.1, -0.05) is 23.9 Å². The molecule has 1 aromatic heterocycles. The summed E-state index contributed by atoms with van der Waals surface area (Å²) < 4.78 is 36.1. The number of aromatic nitrogens is 4. The Balaban J connectivity index is 1.77. The Morgan fingerprint density at radius 2 is 1.81 bits per heavy atom. The van der Waals surface area contributed by atoms with E-state index >= 15 is 0 Å². The number of aryl methyl sites for hydroxylation is 2. The fourth-order valence-electron chi connectivity index (χ4n) is 2.65. The summed E-state index contributed by atoms with van der Waals surface area (Å²) in [6, 6.07) is 10.9. The van der Waals surface area contributed by atoms with Crippen molar-refractivity contribution in [3.8, 4) is 17.2 Å². The highest BCUT2D eigenvalue weighted by Crippen LogP contribution is 2.32. The number of alkyl halides is 2. The molecule has 0 saturated carbocycles. The number of nitrogens with zero attached hydrogens (tertiary/aromatic N) is 4. The molecule has 0 radical (unpaired) electrons. The van der Waals surface area contributed by atoms with Crippen LogP contribution in [0.15, 0.2) is 41.6 Å². The Morgan fingerprint density at radius 3 is 2.48 bits per heavy atom. The van der Waals surface area contributed by atoms with Gasteiger partial charge in [0.05, 0.1) is 12.8 Å². The van der Waals surface area contributed by atoms with E-state index in [-0.39, 0.29) is 11.5 Å². The molecule has 6 nitrogen and oxygen atoms in total. The third-order valence-corrected chi connectivity index (χ3v) is 4.69. The van der Waals surface area contributed by atoms with E-state index in [4.69, 9.17) is 4.74 Å². The first-order valence-electron chi connectivity index (χ1n) is 8.08. The molecule has 0 saturated heterocycles. The Bertz CT molecular complexity index is 913. The molecule has 2 aromatic carbocycles. The van der Waals surface area contributed by atoms with Crippen molar-refractivity contribution in [3.05, 3.63) is 53.1 Å². The summed E-state index contributed by atoms with van der Waals surface area (Å²) in [7, 11) is 1.41. The molecule has 0 unspecified atom stereocenters. The van der Waals surface area contributed by atoms with E-state index in [1.165, 1.54) is 24.9 Å². The number of halogens is 2. The largest absolute Gasteiger partial charge is 0.493 e. The first-order valence-corrected chi connectivity index (χ1v) is 9.06. The molecule has 0 aliphatic rings. The minimum absolute atomic E-state index is 0.00122. The Kier molecular flexibility index (Phi) is 5.90. The summed E-state index contributed by atoms with van der Waals surface area (Å²) in [5.74, 6) is 0.792. The second kappa shape index (κ2) is 8.34. The van der Waals surface area contributed by atoms with Gasteiger partial charge in [0.2, 0.25) is 5.16 Å². The van der Waals surface area contributed by atoms with Gasteiger partial charge >= 0.3 is 6.61 Å². The molecule has 142 valence electrons. The summed E-state index contributed by atoms with van der Waals surface area (Å²) in [5, 5.41) is 12.5. The molecule has 9 heteroatoms. The summed E-state index contributed by atoms with van der Waals surface area (Å²) >= 11 is 1.43. The zero-order chi connectivity index (χ0) is 19.4. The quantitative estimate of drug-likeness (QED) is 0.562. The summed E-state index contributed by atoms with van der Waals surface area (Å²) in [6.45, 7) is 1.13. The van der Waals surface area contributed by atoms with Crippen molar-refractivity contribution < 1.29 is 18.3 Å². The number of ether oxygens (including phenoxy) is 2. The number of tetrazole rings is 1. The summed E-state index contributed by atoms with van der Waals surface area (Å²) in [4.78, 5) is 0. The van der Waals surface area contributed by atoms with Gasteiger partial charge in [-0.2, -0.15) is 13.5 Å². The number of rotatable bonds is 7. The number of benzene rings is 2. The molecule has 3 aromatic rings. The van der Waals surface area contributed by atoms with Crippen LogP contribution in [0.2, 0.25) is 0 Å². The lowest BCUT2D eigenvalue weighted by Crippen LogP contribution is -2.03. The van der Waals surface area contributed by atoms with Crippen LogP contribution in [-0.4, -0.2) is 33.9 Å². The van der Waals surface area contributed by atoms with Crippen molar-refractivity contribution in [2.24, 2.45) is 0 Å². The normalized spacial score (nSPS) is 11.0. The predicted octanol–water partition coefficient (Wildman–Crippen LogP) is 4.18. The van der Waals surface area contributed by atoms with Gasteiger partial charge in [-0.3, -0.25) is 0 Å². The van der Waals surface area contributed by atoms with Crippen LogP contribution in [0.4, 0.5) is 8.78 Å². The summed E-state index contributed by atoms with van der Waals surface area (Å²) in [5.41, 5.74) is 4.00. The van der Waals surface area contributed by atoms with Crippen LogP contribution in [0.1, 0.15) is 16.7 Å². The maximum absolute atomic E-state index is 12.4. The van der Waals surface area contributed by atoms with Crippen molar-refractivity contribution >= 4 is 11.8 Å². The molecule has 0 spiro atoms. The molecule has 1 heterocycles. The number of thioether (sulfide) groups is 1. The molecule has 0 aliphatic carbocycles. The monoisotopic (exact) mass is 392 g/mol. The van der Waals surface area contributed by atoms with Gasteiger partial charge in [0.25, 0.3) is 0 Å². The molecule has 0 N–H and O–H groups in total. The Morgan fingerprint density at radius 1 is 1.07 bits per heavy atom. The molecule has 0 amide bonds. The fraction of sp³-hybridized carbons (Fsp3) is 0.278. The molecule has 27 heavy (non-hydrogen) atoms. The third kappa shape index (κ3) is 4.73. The van der Waals surface area contributed by atoms with Crippen LogP contribution < -0.4 is 9.47 Å². The third-order valence-electron chi connectivity index (χ3n) is 3.70. The van der Waals surface area contributed by atoms with E-state index in [9.17, 15) is 8.78 Å². The van der Waals surface area contributed by atoms with Gasteiger partial charge in [0.1, 0.15) is 0 Å². The van der Waals surface area contributed by atoms with Crippen molar-refractivity contribution in [2.45, 2.75) is 31.4 Å². The second-order valence-corrected chi connectivity index (χ2v) is 6.81. The number of hydrogen-bond acceptors (Lipinski definition) is 6. The first kappa shape index (κ1) is 19.1. The SMILES string of the molecule is COc1cc(CSc2nnnn2-c2cc(C)cc(C)c2)ccc1OC(F)F. The van der Waals surface area contributed by atoms with Gasteiger partial charge in [0, 0.05) is 5.75 Å². The molecule has 0 aliphatic heterocycles. The molecular weight excluding hydrogens is 374 g/mol. The molecular formula is C18H18F2N4O2S. The number of hydrogen-bond donors (Lipinski definition) is 0. The smallest absolute Gasteiger partial charge is 0.387 e. The van der Waals surface area contributed by atoms with Crippen LogP contribution in [0.25, 0.3) is 5.69 Å². The summed E-state index contributed by atoms with van der Waals surface area (Å²) in [6.07, 6.45) is 0. The topological polar surface area (TPSA) is 62.1 Å².